The van der Waals surface area contributed by atoms with Gasteiger partial charge in [-0.15, -0.1) is 0 Å². The number of carbonyl (C=O) groups is 3. The number of aliphatic hydroxyl groups excluding tert-OH is 1. The molecule has 3 N–H and O–H groups in total. The van der Waals surface area contributed by atoms with E-state index >= 15 is 0 Å². The topological polar surface area (TPSA) is 108 Å². The number of carbonyl (C=O) groups excluding carboxylic acids is 3. The Morgan fingerprint density at radius 2 is 1.97 bits per heavy atom. The number of nitrogens with one attached hydrogen (secondary N) is 2. The summed E-state index contributed by atoms with van der Waals surface area (Å²) >= 11 is 5.94. The van der Waals surface area contributed by atoms with E-state index in [1.807, 2.05) is 6.92 Å². The van der Waals surface area contributed by atoms with Gasteiger partial charge in [-0.1, -0.05) is 18.5 Å². The van der Waals surface area contributed by atoms with E-state index in [1.54, 1.807) is 38.2 Å². The highest BCUT2D eigenvalue weighted by atomic mass is 35.5. The SMILES string of the molecule is CC[C@]12CCC3(O1)C(C(=O)Nc1ccc(Cl)cc1)N([C@H](C)CO)C(=O)[C@@H]3[C@H]2C(=O)NC. The van der Waals surface area contributed by atoms with Gasteiger partial charge in [0.15, 0.2) is 0 Å². The van der Waals surface area contributed by atoms with Crippen molar-refractivity contribution in [1.82, 2.24) is 10.2 Å². The van der Waals surface area contributed by atoms with Crippen LogP contribution in [0, 0.1) is 11.8 Å². The van der Waals surface area contributed by atoms with Crippen molar-refractivity contribution in [3.05, 3.63) is 29.3 Å². The van der Waals surface area contributed by atoms with E-state index < -0.39 is 41.0 Å². The van der Waals surface area contributed by atoms with Crippen molar-refractivity contribution in [2.24, 2.45) is 11.8 Å². The summed E-state index contributed by atoms with van der Waals surface area (Å²) in [5, 5.41) is 15.9. The van der Waals surface area contributed by atoms with Crippen molar-refractivity contribution in [1.29, 1.82) is 0 Å². The van der Waals surface area contributed by atoms with Gasteiger partial charge in [0.1, 0.15) is 11.6 Å². The number of fused-ring (bicyclic) bond motifs is 1. The molecule has 1 aromatic carbocycles. The van der Waals surface area contributed by atoms with Gasteiger partial charge in [-0.3, -0.25) is 14.4 Å². The number of anilines is 1. The molecule has 3 fully saturated rings. The molecule has 6 atom stereocenters. The number of rotatable bonds is 6. The zero-order chi connectivity index (χ0) is 22.6. The number of likely N-dealkylation sites (tertiary alicyclic amines) is 1. The van der Waals surface area contributed by atoms with Crippen molar-refractivity contribution in [2.45, 2.75) is 56.4 Å². The Morgan fingerprint density at radius 3 is 2.55 bits per heavy atom. The highest BCUT2D eigenvalue weighted by Gasteiger charge is 2.78. The van der Waals surface area contributed by atoms with Gasteiger partial charge in [0.05, 0.1) is 30.1 Å². The minimum absolute atomic E-state index is 0.253. The molecule has 1 aromatic rings. The fourth-order valence-corrected chi connectivity index (χ4v) is 5.94. The molecule has 168 valence electrons. The van der Waals surface area contributed by atoms with Crippen LogP contribution in [0.1, 0.15) is 33.1 Å². The molecule has 3 amide bonds. The lowest BCUT2D eigenvalue weighted by molar-refractivity contribution is -0.148. The molecule has 1 spiro atoms. The number of ether oxygens (including phenoxy) is 1. The van der Waals surface area contributed by atoms with Gasteiger partial charge in [-0.25, -0.2) is 0 Å². The van der Waals surface area contributed by atoms with E-state index in [4.69, 9.17) is 16.3 Å². The second-order valence-electron chi connectivity index (χ2n) is 8.72. The maximum absolute atomic E-state index is 13.6. The van der Waals surface area contributed by atoms with Crippen LogP contribution in [0.15, 0.2) is 24.3 Å². The Morgan fingerprint density at radius 1 is 1.29 bits per heavy atom. The molecule has 3 aliphatic heterocycles. The van der Waals surface area contributed by atoms with Crippen molar-refractivity contribution in [2.75, 3.05) is 19.0 Å². The average Bonchev–Trinajstić information content (AvgIpc) is 3.38. The van der Waals surface area contributed by atoms with E-state index in [0.29, 0.717) is 30.0 Å². The lowest BCUT2D eigenvalue weighted by Gasteiger charge is -2.36. The highest BCUT2D eigenvalue weighted by molar-refractivity contribution is 6.30. The van der Waals surface area contributed by atoms with Crippen molar-refractivity contribution in [3.63, 3.8) is 0 Å². The van der Waals surface area contributed by atoms with Crippen LogP contribution in [0.25, 0.3) is 0 Å². The lowest BCUT2D eigenvalue weighted by Crippen LogP contribution is -2.55. The summed E-state index contributed by atoms with van der Waals surface area (Å²) in [6.07, 6.45) is 1.66. The maximum Gasteiger partial charge on any atom is 0.250 e. The normalized spacial score (nSPS) is 34.5. The monoisotopic (exact) mass is 449 g/mol. The third-order valence-corrected chi connectivity index (χ3v) is 7.50. The molecule has 2 unspecified atom stereocenters. The summed E-state index contributed by atoms with van der Waals surface area (Å²) in [7, 11) is 1.54. The Bertz CT molecular complexity index is 909. The fraction of sp³-hybridized carbons (Fsp3) is 0.591. The van der Waals surface area contributed by atoms with E-state index in [0.717, 1.165) is 0 Å². The van der Waals surface area contributed by atoms with Crippen LogP contribution in [-0.2, 0) is 19.1 Å². The molecule has 8 nitrogen and oxygen atoms in total. The first kappa shape index (κ1) is 22.0. The molecule has 9 heteroatoms. The van der Waals surface area contributed by atoms with Crippen LogP contribution in [0.4, 0.5) is 5.69 Å². The summed E-state index contributed by atoms with van der Waals surface area (Å²) < 4.78 is 6.56. The molecule has 4 rings (SSSR count). The van der Waals surface area contributed by atoms with Gasteiger partial charge in [0.2, 0.25) is 17.7 Å². The fourth-order valence-electron chi connectivity index (χ4n) is 5.82. The second-order valence-corrected chi connectivity index (χ2v) is 9.16. The molecule has 0 aromatic heterocycles. The number of nitrogens with zero attached hydrogens (tertiary/aromatic N) is 1. The van der Waals surface area contributed by atoms with Crippen LogP contribution in [0.2, 0.25) is 5.02 Å². The molecule has 0 radical (unpaired) electrons. The molecule has 3 saturated heterocycles. The number of benzene rings is 1. The van der Waals surface area contributed by atoms with Gasteiger partial charge < -0.3 is 25.4 Å². The van der Waals surface area contributed by atoms with Crippen molar-refractivity contribution in [3.8, 4) is 0 Å². The van der Waals surface area contributed by atoms with Gasteiger partial charge in [0.25, 0.3) is 0 Å². The maximum atomic E-state index is 13.6. The molecule has 3 heterocycles. The van der Waals surface area contributed by atoms with Crippen LogP contribution >= 0.6 is 11.6 Å². The molecule has 0 aliphatic carbocycles. The standard InChI is InChI=1S/C22H28ClN3O5/c1-4-21-9-10-22(31-21)16(15(21)18(28)24-3)20(30)26(12(2)11-27)17(22)19(29)25-14-7-5-13(23)6-8-14/h5-8,12,15-17,27H,4,9-11H2,1-3H3,(H,24,28)(H,25,29)/t12-,15+,16+,17?,21-,22?/m1/s1. The van der Waals surface area contributed by atoms with E-state index in [9.17, 15) is 19.5 Å². The third-order valence-electron chi connectivity index (χ3n) is 7.25. The van der Waals surface area contributed by atoms with Gasteiger partial charge in [-0.05, 0) is 50.5 Å². The minimum Gasteiger partial charge on any atom is -0.394 e. The van der Waals surface area contributed by atoms with E-state index in [-0.39, 0.29) is 18.4 Å². The summed E-state index contributed by atoms with van der Waals surface area (Å²) in [4.78, 5) is 41.5. The van der Waals surface area contributed by atoms with Gasteiger partial charge >= 0.3 is 0 Å². The first-order valence-electron chi connectivity index (χ1n) is 10.7. The quantitative estimate of drug-likeness (QED) is 0.610. The number of hydrogen-bond donors (Lipinski definition) is 3. The number of hydrogen-bond acceptors (Lipinski definition) is 5. The first-order valence-corrected chi connectivity index (χ1v) is 11.0. The van der Waals surface area contributed by atoms with Crippen molar-refractivity contribution >= 4 is 35.0 Å². The van der Waals surface area contributed by atoms with Crippen LogP contribution in [-0.4, -0.2) is 64.7 Å². The number of amides is 3. The predicted molar refractivity (Wildman–Crippen MR) is 114 cm³/mol. The molecule has 2 bridgehead atoms. The largest absolute Gasteiger partial charge is 0.394 e. The zero-order valence-corrected chi connectivity index (χ0v) is 18.6. The Balaban J connectivity index is 1.77. The molecule has 3 aliphatic rings. The first-order chi connectivity index (χ1) is 14.7. The minimum atomic E-state index is -1.11. The van der Waals surface area contributed by atoms with Crippen molar-refractivity contribution < 1.29 is 24.2 Å². The summed E-state index contributed by atoms with van der Waals surface area (Å²) in [6, 6.07) is 5.14. The average molecular weight is 450 g/mol. The lowest BCUT2D eigenvalue weighted by atomic mass is 9.65. The van der Waals surface area contributed by atoms with Crippen LogP contribution < -0.4 is 10.6 Å². The molecular formula is C22H28ClN3O5. The zero-order valence-electron chi connectivity index (χ0n) is 17.9. The smallest absolute Gasteiger partial charge is 0.250 e. The third kappa shape index (κ3) is 3.07. The summed E-state index contributed by atoms with van der Waals surface area (Å²) in [5.41, 5.74) is -1.34. The molecule has 31 heavy (non-hydrogen) atoms. The number of aliphatic hydroxyl groups is 1. The Labute approximate surface area is 186 Å². The van der Waals surface area contributed by atoms with Crippen LogP contribution in [0.5, 0.6) is 0 Å². The van der Waals surface area contributed by atoms with E-state index in [2.05, 4.69) is 10.6 Å². The highest BCUT2D eigenvalue weighted by Crippen LogP contribution is 2.64. The molecule has 0 saturated carbocycles. The van der Waals surface area contributed by atoms with Crippen LogP contribution in [0.3, 0.4) is 0 Å². The Hall–Kier alpha value is -2.16. The molecular weight excluding hydrogens is 422 g/mol. The summed E-state index contributed by atoms with van der Waals surface area (Å²) in [6.45, 7) is 3.33. The summed E-state index contributed by atoms with van der Waals surface area (Å²) in [5.74, 6) is -2.41. The predicted octanol–water partition coefficient (Wildman–Crippen LogP) is 1.56. The van der Waals surface area contributed by atoms with Gasteiger partial charge in [0, 0.05) is 17.8 Å². The Kier molecular flexibility index (Phi) is 5.52. The van der Waals surface area contributed by atoms with Gasteiger partial charge in [-0.2, -0.15) is 0 Å². The number of halogens is 1. The second kappa shape index (κ2) is 7.76. The van der Waals surface area contributed by atoms with E-state index in [1.165, 1.54) is 4.90 Å².